The van der Waals surface area contributed by atoms with Gasteiger partial charge in [0.25, 0.3) is 0 Å². The molecule has 2 atom stereocenters. The van der Waals surface area contributed by atoms with Crippen molar-refractivity contribution in [3.8, 4) is 0 Å². The number of nitrogens with two attached hydrogens (primary N) is 1. The van der Waals surface area contributed by atoms with Gasteiger partial charge in [-0.25, -0.2) is 15.0 Å². The Labute approximate surface area is 98.8 Å². The first-order chi connectivity index (χ1) is 8.16. The number of aromatic nitrogens is 4. The lowest BCUT2D eigenvalue weighted by Crippen LogP contribution is -2.13. The van der Waals surface area contributed by atoms with Crippen LogP contribution in [0, 0.1) is 12.8 Å². The van der Waals surface area contributed by atoms with Crippen LogP contribution in [-0.2, 0) is 4.74 Å². The van der Waals surface area contributed by atoms with E-state index in [1.165, 1.54) is 0 Å². The normalized spacial score (nSPS) is 24.6. The van der Waals surface area contributed by atoms with Gasteiger partial charge in [-0.15, -0.1) is 0 Å². The Morgan fingerprint density at radius 2 is 2.29 bits per heavy atom. The van der Waals surface area contributed by atoms with Crippen LogP contribution in [0.15, 0.2) is 6.33 Å². The third kappa shape index (κ3) is 1.56. The number of fused-ring (bicyclic) bond motifs is 1. The molecule has 1 unspecified atom stereocenters. The van der Waals surface area contributed by atoms with Crippen molar-refractivity contribution in [2.75, 3.05) is 12.3 Å². The molecule has 0 saturated carbocycles. The molecule has 17 heavy (non-hydrogen) atoms. The Morgan fingerprint density at radius 1 is 1.47 bits per heavy atom. The van der Waals surface area contributed by atoms with Crippen molar-refractivity contribution in [1.82, 2.24) is 19.5 Å². The van der Waals surface area contributed by atoms with Gasteiger partial charge in [-0.3, -0.25) is 4.57 Å². The minimum atomic E-state index is 0.00806. The number of nitrogen functional groups attached to an aromatic ring is 1. The molecule has 1 saturated heterocycles. The summed E-state index contributed by atoms with van der Waals surface area (Å²) in [7, 11) is 0. The van der Waals surface area contributed by atoms with Crippen molar-refractivity contribution in [3.05, 3.63) is 12.2 Å². The van der Waals surface area contributed by atoms with Crippen LogP contribution in [0.2, 0.25) is 0 Å². The van der Waals surface area contributed by atoms with Gasteiger partial charge in [0.2, 0.25) is 0 Å². The molecule has 3 heterocycles. The summed E-state index contributed by atoms with van der Waals surface area (Å²) >= 11 is 0. The summed E-state index contributed by atoms with van der Waals surface area (Å²) in [5, 5.41) is 0. The van der Waals surface area contributed by atoms with Crippen molar-refractivity contribution in [1.29, 1.82) is 0 Å². The second kappa shape index (κ2) is 3.66. The largest absolute Gasteiger partial charge is 0.382 e. The number of anilines is 1. The quantitative estimate of drug-likeness (QED) is 0.802. The molecule has 6 nitrogen and oxygen atoms in total. The SMILES string of the molecule is Cc1nc(N)c2ncn(C3OCC[C@@H]3C)c2n1. The summed E-state index contributed by atoms with van der Waals surface area (Å²) in [6.07, 6.45) is 2.81. The first-order valence-corrected chi connectivity index (χ1v) is 5.75. The van der Waals surface area contributed by atoms with E-state index < -0.39 is 0 Å². The van der Waals surface area contributed by atoms with Gasteiger partial charge in [0.1, 0.15) is 17.6 Å². The number of imidazole rings is 1. The number of ether oxygens (including phenoxy) is 1. The molecule has 0 spiro atoms. The monoisotopic (exact) mass is 233 g/mol. The van der Waals surface area contributed by atoms with E-state index in [0.717, 1.165) is 18.7 Å². The van der Waals surface area contributed by atoms with Crippen LogP contribution in [0.1, 0.15) is 25.4 Å². The third-order valence-electron chi connectivity index (χ3n) is 3.18. The van der Waals surface area contributed by atoms with E-state index in [2.05, 4.69) is 21.9 Å². The highest BCUT2D eigenvalue weighted by Gasteiger charge is 2.27. The van der Waals surface area contributed by atoms with Crippen LogP contribution in [0.4, 0.5) is 5.82 Å². The average Bonchev–Trinajstić information content (AvgIpc) is 2.84. The molecule has 1 fully saturated rings. The Bertz CT molecular complexity index is 564. The lowest BCUT2D eigenvalue weighted by atomic mass is 10.1. The smallest absolute Gasteiger partial charge is 0.167 e. The predicted octanol–water partition coefficient (Wildman–Crippen LogP) is 1.27. The average molecular weight is 233 g/mol. The van der Waals surface area contributed by atoms with Crippen LogP contribution < -0.4 is 5.73 Å². The molecule has 2 aromatic heterocycles. The Balaban J connectivity index is 2.17. The van der Waals surface area contributed by atoms with E-state index in [-0.39, 0.29) is 6.23 Å². The third-order valence-corrected chi connectivity index (χ3v) is 3.18. The fourth-order valence-electron chi connectivity index (χ4n) is 2.27. The summed E-state index contributed by atoms with van der Waals surface area (Å²) in [6, 6.07) is 0. The van der Waals surface area contributed by atoms with Crippen molar-refractivity contribution in [2.24, 2.45) is 5.92 Å². The summed E-state index contributed by atoms with van der Waals surface area (Å²) in [4.78, 5) is 12.8. The zero-order chi connectivity index (χ0) is 12.0. The molecule has 0 radical (unpaired) electrons. The van der Waals surface area contributed by atoms with Crippen molar-refractivity contribution in [3.63, 3.8) is 0 Å². The highest BCUT2D eigenvalue weighted by atomic mass is 16.5. The molecular weight excluding hydrogens is 218 g/mol. The van der Waals surface area contributed by atoms with Gasteiger partial charge >= 0.3 is 0 Å². The maximum atomic E-state index is 5.84. The minimum absolute atomic E-state index is 0.00806. The molecule has 0 bridgehead atoms. The molecule has 0 aromatic carbocycles. The number of nitrogens with zero attached hydrogens (tertiary/aromatic N) is 4. The molecule has 90 valence electrons. The van der Waals surface area contributed by atoms with E-state index >= 15 is 0 Å². The lowest BCUT2D eigenvalue weighted by molar-refractivity contribution is 0.0394. The molecule has 0 aliphatic carbocycles. The van der Waals surface area contributed by atoms with Crippen LogP contribution >= 0.6 is 0 Å². The van der Waals surface area contributed by atoms with E-state index in [4.69, 9.17) is 10.5 Å². The van der Waals surface area contributed by atoms with Gasteiger partial charge in [-0.2, -0.15) is 0 Å². The van der Waals surface area contributed by atoms with E-state index in [9.17, 15) is 0 Å². The van der Waals surface area contributed by atoms with Crippen LogP contribution in [0.3, 0.4) is 0 Å². The maximum absolute atomic E-state index is 5.84. The molecule has 3 rings (SSSR count). The zero-order valence-corrected chi connectivity index (χ0v) is 9.92. The first-order valence-electron chi connectivity index (χ1n) is 5.75. The van der Waals surface area contributed by atoms with Crippen molar-refractivity contribution in [2.45, 2.75) is 26.5 Å². The van der Waals surface area contributed by atoms with Crippen LogP contribution in [-0.4, -0.2) is 26.1 Å². The topological polar surface area (TPSA) is 78.8 Å². The summed E-state index contributed by atoms with van der Waals surface area (Å²) in [6.45, 7) is 4.78. The number of aryl methyl sites for hydroxylation is 1. The summed E-state index contributed by atoms with van der Waals surface area (Å²) in [5.41, 5.74) is 7.25. The van der Waals surface area contributed by atoms with E-state index in [1.807, 2.05) is 11.5 Å². The van der Waals surface area contributed by atoms with Gasteiger partial charge in [-0.1, -0.05) is 6.92 Å². The maximum Gasteiger partial charge on any atom is 0.167 e. The molecule has 1 aliphatic heterocycles. The molecule has 2 aromatic rings. The first kappa shape index (κ1) is 10.5. The fourth-order valence-corrected chi connectivity index (χ4v) is 2.27. The standard InChI is InChI=1S/C11H15N5O/c1-6-3-4-17-11(6)16-5-13-8-9(12)14-7(2)15-10(8)16/h5-6,11H,3-4H2,1-2H3,(H2,12,14,15)/t6-,11?/m0/s1. The summed E-state index contributed by atoms with van der Waals surface area (Å²) < 4.78 is 7.68. The number of hydrogen-bond donors (Lipinski definition) is 1. The zero-order valence-electron chi connectivity index (χ0n) is 9.92. The van der Waals surface area contributed by atoms with Gasteiger partial charge in [0.05, 0.1) is 6.33 Å². The van der Waals surface area contributed by atoms with Gasteiger partial charge in [0.15, 0.2) is 11.5 Å². The molecule has 6 heteroatoms. The van der Waals surface area contributed by atoms with E-state index in [1.54, 1.807) is 6.33 Å². The molecular formula is C11H15N5O. The predicted molar refractivity (Wildman–Crippen MR) is 63.2 cm³/mol. The van der Waals surface area contributed by atoms with Crippen LogP contribution in [0.5, 0.6) is 0 Å². The van der Waals surface area contributed by atoms with Gasteiger partial charge < -0.3 is 10.5 Å². The summed E-state index contributed by atoms with van der Waals surface area (Å²) in [5.74, 6) is 1.54. The van der Waals surface area contributed by atoms with Crippen molar-refractivity contribution < 1.29 is 4.74 Å². The van der Waals surface area contributed by atoms with E-state index in [0.29, 0.717) is 23.1 Å². The fraction of sp³-hybridized carbons (Fsp3) is 0.545. The number of rotatable bonds is 1. The van der Waals surface area contributed by atoms with Crippen molar-refractivity contribution >= 4 is 17.0 Å². The minimum Gasteiger partial charge on any atom is -0.382 e. The van der Waals surface area contributed by atoms with Gasteiger partial charge in [0, 0.05) is 12.5 Å². The lowest BCUT2D eigenvalue weighted by Gasteiger charge is -2.16. The molecule has 1 aliphatic rings. The van der Waals surface area contributed by atoms with Gasteiger partial charge in [-0.05, 0) is 13.3 Å². The van der Waals surface area contributed by atoms with Crippen LogP contribution in [0.25, 0.3) is 11.2 Å². The number of hydrogen-bond acceptors (Lipinski definition) is 5. The highest BCUT2D eigenvalue weighted by molar-refractivity contribution is 5.81. The Morgan fingerprint density at radius 3 is 3.00 bits per heavy atom. The molecule has 0 amide bonds. The highest BCUT2D eigenvalue weighted by Crippen LogP contribution is 2.32. The molecule has 2 N–H and O–H groups in total. The Hall–Kier alpha value is -1.69. The second-order valence-corrected chi connectivity index (χ2v) is 4.51. The Kier molecular flexibility index (Phi) is 2.25. The second-order valence-electron chi connectivity index (χ2n) is 4.51.